The first-order chi connectivity index (χ1) is 14.5. The molecule has 1 aliphatic heterocycles. The average Bonchev–Trinajstić information content (AvgIpc) is 2.67. The van der Waals surface area contributed by atoms with Crippen LogP contribution in [-0.4, -0.2) is 41.0 Å². The summed E-state index contributed by atoms with van der Waals surface area (Å²) >= 11 is 0. The van der Waals surface area contributed by atoms with E-state index in [1.807, 2.05) is 13.8 Å². The molecule has 0 radical (unpaired) electrons. The molecule has 1 heterocycles. The molecule has 2 rings (SSSR count). The van der Waals surface area contributed by atoms with E-state index in [2.05, 4.69) is 10.6 Å². The molecule has 1 aromatic carbocycles. The Kier molecular flexibility index (Phi) is 10.6. The van der Waals surface area contributed by atoms with E-state index < -0.39 is 5.97 Å². The minimum Gasteiger partial charge on any atom is -0.481 e. The quantitative estimate of drug-likeness (QED) is 0.309. The van der Waals surface area contributed by atoms with Crippen LogP contribution in [0.15, 0.2) is 18.2 Å². The molecule has 2 amide bonds. The average molecular weight is 433 g/mol. The van der Waals surface area contributed by atoms with Crippen molar-refractivity contribution in [2.75, 3.05) is 11.9 Å². The van der Waals surface area contributed by atoms with Crippen molar-refractivity contribution in [2.24, 2.45) is 11.8 Å². The summed E-state index contributed by atoms with van der Waals surface area (Å²) < 4.78 is 0. The number of Topliss-reactive ketones (excluding diaryl/α,β-unsaturated/α-hetero) is 2. The summed E-state index contributed by atoms with van der Waals surface area (Å²) in [6, 6.07) is 5.11. The van der Waals surface area contributed by atoms with Gasteiger partial charge in [-0.1, -0.05) is 26.0 Å². The van der Waals surface area contributed by atoms with Gasteiger partial charge in [-0.25, -0.2) is 0 Å². The maximum atomic E-state index is 11.7. The second kappa shape index (κ2) is 12.6. The highest BCUT2D eigenvalue weighted by atomic mass is 16.4. The van der Waals surface area contributed by atoms with E-state index in [1.54, 1.807) is 18.2 Å². The third-order valence-electron chi connectivity index (χ3n) is 5.02. The second-order valence-corrected chi connectivity index (χ2v) is 7.92. The van der Waals surface area contributed by atoms with E-state index >= 15 is 0 Å². The number of carbonyl (C=O) groups is 5. The maximum Gasteiger partial charge on any atom is 0.303 e. The van der Waals surface area contributed by atoms with Gasteiger partial charge in [-0.15, -0.1) is 0 Å². The molecule has 0 saturated carbocycles. The van der Waals surface area contributed by atoms with E-state index in [4.69, 9.17) is 5.11 Å². The number of carboxylic acids is 1. The van der Waals surface area contributed by atoms with Crippen molar-refractivity contribution in [3.05, 3.63) is 29.3 Å². The number of benzene rings is 1. The number of piperidine rings is 1. The number of rotatable bonds is 9. The SMILES string of the molecule is CC(=O)c1cccc(NCCCCC(=O)O)c1C(C)=O.CC(C)C1CCC(=O)NC1=O. The summed E-state index contributed by atoms with van der Waals surface area (Å²) in [5.74, 6) is -0.986. The molecule has 0 aromatic heterocycles. The number of hydrogen-bond donors (Lipinski definition) is 3. The fourth-order valence-electron chi connectivity index (χ4n) is 3.34. The zero-order valence-electron chi connectivity index (χ0n) is 18.6. The van der Waals surface area contributed by atoms with Gasteiger partial charge in [-0.05, 0) is 45.1 Å². The summed E-state index contributed by atoms with van der Waals surface area (Å²) in [6.07, 6.45) is 2.60. The largest absolute Gasteiger partial charge is 0.481 e. The van der Waals surface area contributed by atoms with E-state index in [0.29, 0.717) is 55.0 Å². The van der Waals surface area contributed by atoms with E-state index in [-0.39, 0.29) is 35.7 Å². The monoisotopic (exact) mass is 432 g/mol. The molecule has 1 fully saturated rings. The molecule has 1 atom stereocenters. The van der Waals surface area contributed by atoms with Gasteiger partial charge >= 0.3 is 5.97 Å². The molecule has 0 bridgehead atoms. The Morgan fingerprint density at radius 3 is 2.32 bits per heavy atom. The summed E-state index contributed by atoms with van der Waals surface area (Å²) in [5, 5.41) is 14.0. The molecule has 170 valence electrons. The third kappa shape index (κ3) is 8.70. The van der Waals surface area contributed by atoms with Crippen molar-refractivity contribution in [3.8, 4) is 0 Å². The van der Waals surface area contributed by atoms with E-state index in [9.17, 15) is 24.0 Å². The van der Waals surface area contributed by atoms with Gasteiger partial charge in [0.05, 0.1) is 5.56 Å². The number of hydrogen-bond acceptors (Lipinski definition) is 6. The fraction of sp³-hybridized carbons (Fsp3) is 0.522. The summed E-state index contributed by atoms with van der Waals surface area (Å²) in [4.78, 5) is 55.4. The van der Waals surface area contributed by atoms with Crippen LogP contribution in [0.5, 0.6) is 0 Å². The van der Waals surface area contributed by atoms with Crippen molar-refractivity contribution >= 4 is 35.0 Å². The van der Waals surface area contributed by atoms with Crippen LogP contribution in [0, 0.1) is 11.8 Å². The van der Waals surface area contributed by atoms with Crippen LogP contribution < -0.4 is 10.6 Å². The number of carbonyl (C=O) groups excluding carboxylic acids is 4. The lowest BCUT2D eigenvalue weighted by molar-refractivity contribution is -0.138. The summed E-state index contributed by atoms with van der Waals surface area (Å²) in [5.41, 5.74) is 1.44. The lowest BCUT2D eigenvalue weighted by atomic mass is 9.88. The van der Waals surface area contributed by atoms with Crippen molar-refractivity contribution in [2.45, 2.75) is 59.8 Å². The zero-order valence-corrected chi connectivity index (χ0v) is 18.6. The molecule has 8 heteroatoms. The number of aliphatic carboxylic acids is 1. The topological polar surface area (TPSA) is 130 Å². The van der Waals surface area contributed by atoms with Crippen LogP contribution in [0.4, 0.5) is 5.69 Å². The highest BCUT2D eigenvalue weighted by Crippen LogP contribution is 2.22. The van der Waals surface area contributed by atoms with Crippen molar-refractivity contribution in [1.29, 1.82) is 0 Å². The number of ketones is 2. The van der Waals surface area contributed by atoms with E-state index in [0.717, 1.165) is 0 Å². The third-order valence-corrected chi connectivity index (χ3v) is 5.02. The number of amides is 2. The molecule has 0 aliphatic carbocycles. The van der Waals surface area contributed by atoms with Gasteiger partial charge in [-0.3, -0.25) is 29.3 Å². The number of anilines is 1. The first-order valence-corrected chi connectivity index (χ1v) is 10.5. The summed E-state index contributed by atoms with van der Waals surface area (Å²) in [7, 11) is 0. The molecule has 0 spiro atoms. The second-order valence-electron chi connectivity index (χ2n) is 7.92. The Balaban J connectivity index is 0.000000367. The Morgan fingerprint density at radius 2 is 1.81 bits per heavy atom. The maximum absolute atomic E-state index is 11.7. The highest BCUT2D eigenvalue weighted by molar-refractivity contribution is 6.10. The lowest BCUT2D eigenvalue weighted by Gasteiger charge is -2.23. The van der Waals surface area contributed by atoms with Gasteiger partial charge in [-0.2, -0.15) is 0 Å². The Morgan fingerprint density at radius 1 is 1.13 bits per heavy atom. The normalized spacial score (nSPS) is 15.6. The molecular formula is C23H32N2O6. The fourth-order valence-corrected chi connectivity index (χ4v) is 3.34. The first kappa shape index (κ1) is 26.0. The predicted molar refractivity (Wildman–Crippen MR) is 117 cm³/mol. The van der Waals surface area contributed by atoms with Gasteiger partial charge in [0, 0.05) is 36.6 Å². The van der Waals surface area contributed by atoms with Gasteiger partial charge in [0.2, 0.25) is 11.8 Å². The number of imide groups is 1. The molecule has 1 aromatic rings. The van der Waals surface area contributed by atoms with E-state index in [1.165, 1.54) is 13.8 Å². The molecule has 1 aliphatic rings. The molecule has 1 unspecified atom stereocenters. The van der Waals surface area contributed by atoms with Gasteiger partial charge in [0.1, 0.15) is 0 Å². The smallest absolute Gasteiger partial charge is 0.303 e. The molecule has 31 heavy (non-hydrogen) atoms. The van der Waals surface area contributed by atoms with Crippen LogP contribution in [0.1, 0.15) is 80.5 Å². The standard InChI is InChI=1S/C15H19NO4.C8H13NO2/c1-10(17)12-6-5-7-13(15(12)11(2)18)16-9-4-3-8-14(19)20;1-5(2)6-3-4-7(10)9-8(6)11/h5-7,16H,3-4,8-9H2,1-2H3,(H,19,20);5-6H,3-4H2,1-2H3,(H,9,10,11). The van der Waals surface area contributed by atoms with Crippen molar-refractivity contribution < 1.29 is 29.1 Å². The van der Waals surface area contributed by atoms with Gasteiger partial charge < -0.3 is 10.4 Å². The van der Waals surface area contributed by atoms with Crippen LogP contribution in [-0.2, 0) is 14.4 Å². The molecule has 1 saturated heterocycles. The van der Waals surface area contributed by atoms with Crippen LogP contribution in [0.2, 0.25) is 0 Å². The Labute approximate surface area is 182 Å². The minimum atomic E-state index is -0.812. The highest BCUT2D eigenvalue weighted by Gasteiger charge is 2.28. The van der Waals surface area contributed by atoms with Gasteiger partial charge in [0.25, 0.3) is 0 Å². The lowest BCUT2D eigenvalue weighted by Crippen LogP contribution is -2.42. The molecular weight excluding hydrogens is 400 g/mol. The number of nitrogens with one attached hydrogen (secondary N) is 2. The van der Waals surface area contributed by atoms with Crippen LogP contribution in [0.25, 0.3) is 0 Å². The first-order valence-electron chi connectivity index (χ1n) is 10.5. The zero-order chi connectivity index (χ0) is 23.6. The Hall–Kier alpha value is -3.03. The molecule has 3 N–H and O–H groups in total. The number of carboxylic acid groups (broad SMARTS) is 1. The van der Waals surface area contributed by atoms with Crippen molar-refractivity contribution in [3.63, 3.8) is 0 Å². The minimum absolute atomic E-state index is 0.0349. The van der Waals surface area contributed by atoms with Crippen molar-refractivity contribution in [1.82, 2.24) is 5.32 Å². The predicted octanol–water partition coefficient (Wildman–Crippen LogP) is 3.45. The summed E-state index contributed by atoms with van der Waals surface area (Å²) in [6.45, 7) is 7.42. The van der Waals surface area contributed by atoms with Crippen LogP contribution >= 0.6 is 0 Å². The molecule has 8 nitrogen and oxygen atoms in total. The Bertz CT molecular complexity index is 831. The van der Waals surface area contributed by atoms with Gasteiger partial charge in [0.15, 0.2) is 11.6 Å². The number of unbranched alkanes of at least 4 members (excludes halogenated alkanes) is 1. The van der Waals surface area contributed by atoms with Crippen LogP contribution in [0.3, 0.4) is 0 Å².